The van der Waals surface area contributed by atoms with E-state index < -0.39 is 0 Å². The quantitative estimate of drug-likeness (QED) is 0.0317. The number of carbonyl (C=O) groups excluding carboxylic acids is 3. The maximum atomic E-state index is 13.4. The molecule has 0 N–H and O–H groups in total. The van der Waals surface area contributed by atoms with Crippen molar-refractivity contribution in [3.63, 3.8) is 0 Å². The van der Waals surface area contributed by atoms with Gasteiger partial charge in [0.1, 0.15) is 0 Å². The van der Waals surface area contributed by atoms with Gasteiger partial charge in [-0.05, 0) is 107 Å². The zero-order valence-electron chi connectivity index (χ0n) is 41.0. The zero-order valence-corrected chi connectivity index (χ0v) is 41.0. The number of carbonyl (C=O) groups is 3. The van der Waals surface area contributed by atoms with Gasteiger partial charge < -0.3 is 23.7 Å². The molecule has 7 rings (SSSR count). The normalized spacial score (nSPS) is 28.1. The summed E-state index contributed by atoms with van der Waals surface area (Å²) in [6.45, 7) is 17.4. The van der Waals surface area contributed by atoms with Gasteiger partial charge in [0.2, 0.25) is 0 Å². The predicted molar refractivity (Wildman–Crippen MR) is 248 cm³/mol. The third-order valence-corrected chi connectivity index (χ3v) is 14.8. The number of rotatable bonds is 29. The van der Waals surface area contributed by atoms with E-state index in [4.69, 9.17) is 23.7 Å². The van der Waals surface area contributed by atoms with Crippen LogP contribution < -0.4 is 0 Å². The molecule has 0 saturated heterocycles. The third kappa shape index (κ3) is 19.1. The highest BCUT2D eigenvalue weighted by atomic mass is 16.7. The van der Waals surface area contributed by atoms with E-state index in [2.05, 4.69) is 41.5 Å². The molecular formula is C53H96O8. The van der Waals surface area contributed by atoms with E-state index in [0.29, 0.717) is 58.2 Å². The Morgan fingerprint density at radius 1 is 0.492 bits per heavy atom. The van der Waals surface area contributed by atoms with E-state index in [1.54, 1.807) is 0 Å². The fourth-order valence-electron chi connectivity index (χ4n) is 12.0. The fraction of sp³-hybridized carbons (Fsp3) is 0.943. The summed E-state index contributed by atoms with van der Waals surface area (Å²) < 4.78 is 30.7. The lowest BCUT2D eigenvalue weighted by Gasteiger charge is -2.66. The molecule has 0 aromatic rings. The van der Waals surface area contributed by atoms with Crippen molar-refractivity contribution >= 4 is 17.9 Å². The summed E-state index contributed by atoms with van der Waals surface area (Å²) >= 11 is 0. The van der Waals surface area contributed by atoms with Gasteiger partial charge in [0.25, 0.3) is 0 Å². The molecule has 0 radical (unpaired) electrons. The molecule has 7 saturated carbocycles. The van der Waals surface area contributed by atoms with Crippen LogP contribution in [0.25, 0.3) is 0 Å². The van der Waals surface area contributed by atoms with Gasteiger partial charge in [0.15, 0.2) is 6.29 Å². The van der Waals surface area contributed by atoms with Gasteiger partial charge in [-0.3, -0.25) is 14.4 Å². The molecule has 4 atom stereocenters. The van der Waals surface area contributed by atoms with Crippen LogP contribution in [0, 0.1) is 33.5 Å². The molecule has 0 aromatic carbocycles. The van der Waals surface area contributed by atoms with Crippen LogP contribution in [0.1, 0.15) is 248 Å². The Bertz CT molecular complexity index is 1180. The molecule has 0 aliphatic heterocycles. The molecule has 6 bridgehead atoms. The minimum atomic E-state index is -0.388. The topological polar surface area (TPSA) is 97.4 Å². The van der Waals surface area contributed by atoms with Crippen molar-refractivity contribution in [3.05, 3.63) is 0 Å². The van der Waals surface area contributed by atoms with Gasteiger partial charge >= 0.3 is 17.9 Å². The lowest BCUT2D eigenvalue weighted by molar-refractivity contribution is -0.213. The highest BCUT2D eigenvalue weighted by molar-refractivity contribution is 5.70. The van der Waals surface area contributed by atoms with Crippen molar-refractivity contribution in [1.82, 2.24) is 0 Å². The van der Waals surface area contributed by atoms with Crippen LogP contribution in [-0.4, -0.2) is 57.2 Å². The van der Waals surface area contributed by atoms with E-state index in [0.717, 1.165) is 89.4 Å². The summed E-state index contributed by atoms with van der Waals surface area (Å²) in [5.41, 5.74) is -0.371. The maximum absolute atomic E-state index is 13.4. The van der Waals surface area contributed by atoms with Gasteiger partial charge in [-0.1, -0.05) is 132 Å². The fourth-order valence-corrected chi connectivity index (χ4v) is 12.0. The van der Waals surface area contributed by atoms with Crippen LogP contribution in [0.4, 0.5) is 0 Å². The molecule has 0 spiro atoms. The molecule has 7 aliphatic rings. The molecule has 61 heavy (non-hydrogen) atoms. The second-order valence-electron chi connectivity index (χ2n) is 21.0. The van der Waals surface area contributed by atoms with Crippen molar-refractivity contribution in [2.75, 3.05) is 33.0 Å². The Kier molecular flexibility index (Phi) is 25.5. The van der Waals surface area contributed by atoms with Gasteiger partial charge in [-0.15, -0.1) is 0 Å². The average molecular weight is 861 g/mol. The number of hydrogen-bond acceptors (Lipinski definition) is 8. The van der Waals surface area contributed by atoms with E-state index in [1.165, 1.54) is 89.9 Å². The molecule has 7 fully saturated rings. The van der Waals surface area contributed by atoms with Crippen molar-refractivity contribution in [1.29, 1.82) is 0 Å². The number of ether oxygens (including phenoxy) is 5. The Labute approximate surface area is 375 Å². The Hall–Kier alpha value is -1.67. The Balaban J connectivity index is 0.00000132. The second-order valence-corrected chi connectivity index (χ2v) is 21.0. The average Bonchev–Trinajstić information content (AvgIpc) is 3.25. The highest BCUT2D eigenvalue weighted by Gasteiger charge is 2.64. The van der Waals surface area contributed by atoms with E-state index >= 15 is 0 Å². The van der Waals surface area contributed by atoms with Crippen molar-refractivity contribution in [2.24, 2.45) is 33.5 Å². The van der Waals surface area contributed by atoms with Crippen molar-refractivity contribution < 1.29 is 38.1 Å². The summed E-state index contributed by atoms with van der Waals surface area (Å²) in [5, 5.41) is 0. The molecule has 356 valence electrons. The van der Waals surface area contributed by atoms with Crippen molar-refractivity contribution in [3.8, 4) is 0 Å². The van der Waals surface area contributed by atoms with Gasteiger partial charge in [0.05, 0.1) is 32.7 Å². The van der Waals surface area contributed by atoms with Crippen LogP contribution in [0.15, 0.2) is 0 Å². The molecule has 7 aliphatic carbocycles. The summed E-state index contributed by atoms with van der Waals surface area (Å²) in [6, 6.07) is 0. The summed E-state index contributed by atoms with van der Waals surface area (Å²) in [5.74, 6) is 0.910. The summed E-state index contributed by atoms with van der Waals surface area (Å²) in [6.07, 6.45) is 32.6. The molecule has 0 heterocycles. The molecule has 8 nitrogen and oxygen atoms in total. The van der Waals surface area contributed by atoms with E-state index in [1.807, 2.05) is 6.92 Å². The standard InChI is InChI=1S/C46H78O8.C4H10.C3H8/c1-4-7-9-11-13-15-25-50-42(51-26-16-14-12-10-8-5-2)18-17-40(48)53-35-45-28-38-27-44(31-45,34-52-39(47)6-3)32-46(29-38,33-45)36-54-41(49)30-43-22-19-37(20-23-43)21-24-43;1-3-4-2;1-3-2/h37-38,42H,4-36H2,1-3H3;3-4H2,1-2H3;3H2,1-2H3. The van der Waals surface area contributed by atoms with E-state index in [9.17, 15) is 14.4 Å². The van der Waals surface area contributed by atoms with Crippen LogP contribution in [0.3, 0.4) is 0 Å². The first kappa shape index (κ1) is 53.7. The number of hydrogen-bond donors (Lipinski definition) is 0. The molecule has 0 amide bonds. The zero-order chi connectivity index (χ0) is 44.5. The second kappa shape index (κ2) is 29.0. The number of fused-ring (bicyclic) bond motifs is 3. The largest absolute Gasteiger partial charge is 0.465 e. The van der Waals surface area contributed by atoms with Gasteiger partial charge in [0, 0.05) is 42.3 Å². The van der Waals surface area contributed by atoms with Crippen LogP contribution in [0.5, 0.6) is 0 Å². The Morgan fingerprint density at radius 3 is 1.33 bits per heavy atom. The Morgan fingerprint density at radius 2 is 0.902 bits per heavy atom. The van der Waals surface area contributed by atoms with Crippen molar-refractivity contribution in [2.45, 2.75) is 254 Å². The number of esters is 3. The molecule has 4 unspecified atom stereocenters. The summed E-state index contributed by atoms with van der Waals surface area (Å²) in [4.78, 5) is 39.2. The first-order valence-corrected chi connectivity index (χ1v) is 26.2. The van der Waals surface area contributed by atoms with Gasteiger partial charge in [-0.25, -0.2) is 0 Å². The minimum absolute atomic E-state index is 0.0370. The summed E-state index contributed by atoms with van der Waals surface area (Å²) in [7, 11) is 0. The predicted octanol–water partition coefficient (Wildman–Crippen LogP) is 14.4. The van der Waals surface area contributed by atoms with Crippen LogP contribution >= 0.6 is 0 Å². The van der Waals surface area contributed by atoms with Gasteiger partial charge in [-0.2, -0.15) is 0 Å². The molecular weight excluding hydrogens is 765 g/mol. The smallest absolute Gasteiger partial charge is 0.306 e. The third-order valence-electron chi connectivity index (χ3n) is 14.8. The molecule has 0 aromatic heterocycles. The van der Waals surface area contributed by atoms with Crippen LogP contribution in [-0.2, 0) is 38.1 Å². The SMILES string of the molecule is CCC.CCCC.CCCCCCCCOC(CCC(=O)OCC12CC3CC(COC(=O)CC)(C1)CC(COC(=O)CC14CCC(CC1)CC4)(C3)C2)OCCCCCCCC. The first-order chi connectivity index (χ1) is 29.5. The van der Waals surface area contributed by atoms with Crippen LogP contribution in [0.2, 0.25) is 0 Å². The maximum Gasteiger partial charge on any atom is 0.306 e. The highest BCUT2D eigenvalue weighted by Crippen LogP contribution is 2.70. The van der Waals surface area contributed by atoms with E-state index in [-0.39, 0.29) is 52.3 Å². The minimum Gasteiger partial charge on any atom is -0.465 e. The molecule has 8 heteroatoms. The lowest BCUT2D eigenvalue weighted by Crippen LogP contribution is -2.61. The number of unbranched alkanes of at least 4 members (excludes halogenated alkanes) is 11. The first-order valence-electron chi connectivity index (χ1n) is 26.2. The monoisotopic (exact) mass is 861 g/mol. The lowest BCUT2D eigenvalue weighted by atomic mass is 9.40.